The molecule has 1 aromatic rings. The van der Waals surface area contributed by atoms with Crippen molar-refractivity contribution in [1.29, 1.82) is 0 Å². The van der Waals surface area contributed by atoms with Crippen LogP contribution in [0.1, 0.15) is 31.0 Å². The van der Waals surface area contributed by atoms with Gasteiger partial charge in [-0.1, -0.05) is 24.3 Å². The molecule has 126 valence electrons. The molecule has 0 fully saturated rings. The van der Waals surface area contributed by atoms with E-state index in [1.165, 1.54) is 11.1 Å². The molecule has 6 heteroatoms. The number of hydrogen-bond donors (Lipinski definition) is 2. The quantitative estimate of drug-likeness (QED) is 0.862. The van der Waals surface area contributed by atoms with Gasteiger partial charge in [0.15, 0.2) is 0 Å². The fourth-order valence-corrected chi connectivity index (χ4v) is 2.94. The van der Waals surface area contributed by atoms with Crippen LogP contribution in [0.25, 0.3) is 0 Å². The van der Waals surface area contributed by atoms with Crippen molar-refractivity contribution in [2.45, 2.75) is 32.4 Å². The largest absolute Gasteiger partial charge is 0.383 e. The topological polar surface area (TPSA) is 70.7 Å². The van der Waals surface area contributed by atoms with Crippen molar-refractivity contribution in [3.63, 3.8) is 0 Å². The minimum absolute atomic E-state index is 0.145. The fraction of sp³-hybridized carbons (Fsp3) is 0.529. The summed E-state index contributed by atoms with van der Waals surface area (Å²) in [6.45, 7) is 5.33. The van der Waals surface area contributed by atoms with Gasteiger partial charge in [0, 0.05) is 19.7 Å². The third kappa shape index (κ3) is 4.77. The molecule has 23 heavy (non-hydrogen) atoms. The Balaban J connectivity index is 1.85. The molecule has 3 amide bonds. The van der Waals surface area contributed by atoms with Crippen molar-refractivity contribution in [3.8, 4) is 0 Å². The van der Waals surface area contributed by atoms with Gasteiger partial charge in [-0.2, -0.15) is 0 Å². The van der Waals surface area contributed by atoms with Gasteiger partial charge < -0.3 is 10.1 Å². The number of rotatable bonds is 5. The van der Waals surface area contributed by atoms with Gasteiger partial charge in [-0.15, -0.1) is 0 Å². The van der Waals surface area contributed by atoms with Crippen LogP contribution in [-0.4, -0.2) is 49.7 Å². The first kappa shape index (κ1) is 17.4. The summed E-state index contributed by atoms with van der Waals surface area (Å²) in [5.41, 5.74) is 2.59. The Kier molecular flexibility index (Phi) is 6.12. The summed E-state index contributed by atoms with van der Waals surface area (Å²) in [6, 6.07) is 7.83. The molecule has 0 spiro atoms. The van der Waals surface area contributed by atoms with E-state index in [0.29, 0.717) is 6.61 Å². The van der Waals surface area contributed by atoms with Crippen LogP contribution >= 0.6 is 0 Å². The molecule has 2 N–H and O–H groups in total. The molecule has 1 heterocycles. The van der Waals surface area contributed by atoms with Gasteiger partial charge in [0.25, 0.3) is 0 Å². The number of urea groups is 1. The van der Waals surface area contributed by atoms with Crippen LogP contribution in [0.4, 0.5) is 4.79 Å². The predicted molar refractivity (Wildman–Crippen MR) is 88.1 cm³/mol. The first-order valence-corrected chi connectivity index (χ1v) is 7.92. The zero-order valence-electron chi connectivity index (χ0n) is 14.0. The number of methoxy groups -OCH3 is 1. The van der Waals surface area contributed by atoms with Gasteiger partial charge in [-0.3, -0.25) is 15.0 Å². The number of benzene rings is 1. The number of nitrogens with one attached hydrogen (secondary N) is 2. The maximum absolute atomic E-state index is 12.1. The first-order chi connectivity index (χ1) is 11.0. The van der Waals surface area contributed by atoms with E-state index in [2.05, 4.69) is 34.6 Å². The highest BCUT2D eigenvalue weighted by atomic mass is 16.5. The van der Waals surface area contributed by atoms with Crippen molar-refractivity contribution in [2.24, 2.45) is 0 Å². The molecular formula is C17H25N3O3. The minimum Gasteiger partial charge on any atom is -0.383 e. The molecule has 0 saturated carbocycles. The molecule has 0 unspecified atom stereocenters. The number of carbonyl (C=O) groups excluding carboxylic acids is 2. The van der Waals surface area contributed by atoms with E-state index in [9.17, 15) is 9.59 Å². The van der Waals surface area contributed by atoms with Gasteiger partial charge in [0.05, 0.1) is 19.2 Å². The molecule has 1 aliphatic heterocycles. The summed E-state index contributed by atoms with van der Waals surface area (Å²) in [5.74, 6) is -0.293. The van der Waals surface area contributed by atoms with Crippen LogP contribution in [0.2, 0.25) is 0 Å². The molecule has 0 aliphatic carbocycles. The Morgan fingerprint density at radius 3 is 2.87 bits per heavy atom. The zero-order valence-corrected chi connectivity index (χ0v) is 14.0. The van der Waals surface area contributed by atoms with E-state index in [0.717, 1.165) is 13.0 Å². The second-order valence-corrected chi connectivity index (χ2v) is 5.97. The van der Waals surface area contributed by atoms with Crippen LogP contribution in [0, 0.1) is 0 Å². The monoisotopic (exact) mass is 319 g/mol. The molecule has 2 rings (SSSR count). The number of amides is 3. The van der Waals surface area contributed by atoms with Crippen LogP contribution in [0.5, 0.6) is 0 Å². The summed E-state index contributed by atoms with van der Waals surface area (Å²) in [4.78, 5) is 25.9. The Hall–Kier alpha value is -1.92. The summed E-state index contributed by atoms with van der Waals surface area (Å²) in [5, 5.41) is 5.04. The van der Waals surface area contributed by atoms with Gasteiger partial charge in [0.1, 0.15) is 0 Å². The van der Waals surface area contributed by atoms with Crippen molar-refractivity contribution in [2.75, 3.05) is 26.8 Å². The normalized spacial score (nSPS) is 18.8. The molecule has 1 aromatic carbocycles. The standard InChI is InChI=1S/C17H25N3O3/c1-12(11-23-3)18-17(22)19-16(21)10-20-9-8-14-6-4-5-7-15(14)13(20)2/h4-7,12-13H,8-11H2,1-3H3,(H2,18,19,21,22)/t12-,13+/m1/s1. The third-order valence-electron chi connectivity index (χ3n) is 4.12. The number of ether oxygens (including phenoxy) is 1. The number of carbonyl (C=O) groups is 2. The number of imide groups is 1. The molecule has 6 nitrogen and oxygen atoms in total. The van der Waals surface area contributed by atoms with Crippen molar-refractivity contribution >= 4 is 11.9 Å². The van der Waals surface area contributed by atoms with E-state index in [-0.39, 0.29) is 24.5 Å². The summed E-state index contributed by atoms with van der Waals surface area (Å²) < 4.78 is 4.94. The lowest BCUT2D eigenvalue weighted by molar-refractivity contribution is -0.121. The Morgan fingerprint density at radius 2 is 2.13 bits per heavy atom. The molecule has 0 aromatic heterocycles. The number of fused-ring (bicyclic) bond motifs is 1. The lowest BCUT2D eigenvalue weighted by atomic mass is 9.94. The lowest BCUT2D eigenvalue weighted by Gasteiger charge is -2.34. The van der Waals surface area contributed by atoms with Gasteiger partial charge in [0.2, 0.25) is 5.91 Å². The molecule has 2 atom stereocenters. The molecule has 0 saturated heterocycles. The Morgan fingerprint density at radius 1 is 1.39 bits per heavy atom. The van der Waals surface area contributed by atoms with Crippen LogP contribution < -0.4 is 10.6 Å². The van der Waals surface area contributed by atoms with E-state index in [1.54, 1.807) is 7.11 Å². The summed E-state index contributed by atoms with van der Waals surface area (Å²) >= 11 is 0. The van der Waals surface area contributed by atoms with Gasteiger partial charge >= 0.3 is 6.03 Å². The fourth-order valence-electron chi connectivity index (χ4n) is 2.94. The maximum Gasteiger partial charge on any atom is 0.321 e. The lowest BCUT2D eigenvalue weighted by Crippen LogP contribution is -2.49. The SMILES string of the molecule is COC[C@@H](C)NC(=O)NC(=O)CN1CCc2ccccc2[C@@H]1C. The number of nitrogens with zero attached hydrogens (tertiary/aromatic N) is 1. The van der Waals surface area contributed by atoms with E-state index < -0.39 is 6.03 Å². The first-order valence-electron chi connectivity index (χ1n) is 7.92. The van der Waals surface area contributed by atoms with Crippen molar-refractivity contribution in [3.05, 3.63) is 35.4 Å². The van der Waals surface area contributed by atoms with Crippen molar-refractivity contribution < 1.29 is 14.3 Å². The highest BCUT2D eigenvalue weighted by Crippen LogP contribution is 2.28. The third-order valence-corrected chi connectivity index (χ3v) is 4.12. The molecular weight excluding hydrogens is 294 g/mol. The van der Waals surface area contributed by atoms with Crippen LogP contribution in [0.15, 0.2) is 24.3 Å². The average molecular weight is 319 g/mol. The average Bonchev–Trinajstić information content (AvgIpc) is 2.50. The summed E-state index contributed by atoms with van der Waals surface area (Å²) in [7, 11) is 1.57. The Labute approximate surface area is 137 Å². The van der Waals surface area contributed by atoms with E-state index >= 15 is 0 Å². The second-order valence-electron chi connectivity index (χ2n) is 5.97. The molecule has 0 bridgehead atoms. The molecule has 0 radical (unpaired) electrons. The Bertz CT molecular complexity index is 562. The van der Waals surface area contributed by atoms with Crippen LogP contribution in [0.3, 0.4) is 0 Å². The zero-order chi connectivity index (χ0) is 16.8. The smallest absolute Gasteiger partial charge is 0.321 e. The van der Waals surface area contributed by atoms with Crippen LogP contribution in [-0.2, 0) is 16.0 Å². The maximum atomic E-state index is 12.1. The highest BCUT2D eigenvalue weighted by Gasteiger charge is 2.25. The minimum atomic E-state index is -0.482. The van der Waals surface area contributed by atoms with E-state index in [1.807, 2.05) is 19.1 Å². The van der Waals surface area contributed by atoms with Gasteiger partial charge in [-0.25, -0.2) is 4.79 Å². The van der Waals surface area contributed by atoms with Gasteiger partial charge in [-0.05, 0) is 31.4 Å². The molecule has 1 aliphatic rings. The van der Waals surface area contributed by atoms with E-state index in [4.69, 9.17) is 4.74 Å². The predicted octanol–water partition coefficient (Wildman–Crippen LogP) is 1.47. The summed E-state index contributed by atoms with van der Waals surface area (Å²) in [6.07, 6.45) is 0.921. The number of hydrogen-bond acceptors (Lipinski definition) is 4. The van der Waals surface area contributed by atoms with Crippen molar-refractivity contribution in [1.82, 2.24) is 15.5 Å². The second kappa shape index (κ2) is 8.08. The highest BCUT2D eigenvalue weighted by molar-refractivity contribution is 5.95.